The number of benzene rings is 1. The predicted octanol–water partition coefficient (Wildman–Crippen LogP) is 3.51. The van der Waals surface area contributed by atoms with E-state index in [-0.39, 0.29) is 5.56 Å². The standard InChI is InChI=1S/C12H13ClF3NO/c1-2-6-17-11(18)10(13)8-4-3-5-9(7-8)12(14,15)16/h3-5,7,10H,2,6H2,1H3,(H,17,18). The lowest BCUT2D eigenvalue weighted by atomic mass is 10.1. The second kappa shape index (κ2) is 6.09. The molecule has 100 valence electrons. The summed E-state index contributed by atoms with van der Waals surface area (Å²) in [5.41, 5.74) is -0.672. The van der Waals surface area contributed by atoms with Gasteiger partial charge in [-0.1, -0.05) is 19.1 Å². The van der Waals surface area contributed by atoms with E-state index in [2.05, 4.69) is 5.32 Å². The van der Waals surface area contributed by atoms with Crippen LogP contribution in [0.4, 0.5) is 13.2 Å². The van der Waals surface area contributed by atoms with E-state index in [4.69, 9.17) is 11.6 Å². The summed E-state index contributed by atoms with van der Waals surface area (Å²) >= 11 is 5.84. The van der Waals surface area contributed by atoms with Crippen LogP contribution in [0.1, 0.15) is 29.8 Å². The highest BCUT2D eigenvalue weighted by molar-refractivity contribution is 6.30. The van der Waals surface area contributed by atoms with Crippen LogP contribution in [0.5, 0.6) is 0 Å². The molecule has 1 aromatic carbocycles. The summed E-state index contributed by atoms with van der Waals surface area (Å²) in [7, 11) is 0. The summed E-state index contributed by atoms with van der Waals surface area (Å²) in [4.78, 5) is 11.5. The van der Waals surface area contributed by atoms with Crippen molar-refractivity contribution in [1.29, 1.82) is 0 Å². The van der Waals surface area contributed by atoms with E-state index >= 15 is 0 Å². The van der Waals surface area contributed by atoms with Gasteiger partial charge in [0.15, 0.2) is 0 Å². The van der Waals surface area contributed by atoms with Gasteiger partial charge < -0.3 is 5.32 Å². The number of carbonyl (C=O) groups is 1. The molecule has 0 spiro atoms. The molecule has 0 bridgehead atoms. The Morgan fingerprint density at radius 1 is 1.44 bits per heavy atom. The van der Waals surface area contributed by atoms with Gasteiger partial charge in [-0.05, 0) is 24.1 Å². The lowest BCUT2D eigenvalue weighted by molar-refractivity contribution is -0.137. The van der Waals surface area contributed by atoms with E-state index in [1.807, 2.05) is 6.92 Å². The SMILES string of the molecule is CCCNC(=O)C(Cl)c1cccc(C(F)(F)F)c1. The summed E-state index contributed by atoms with van der Waals surface area (Å²) in [6.07, 6.45) is -3.70. The van der Waals surface area contributed by atoms with Crippen LogP contribution in [-0.2, 0) is 11.0 Å². The van der Waals surface area contributed by atoms with Gasteiger partial charge in [0, 0.05) is 6.54 Å². The van der Waals surface area contributed by atoms with Crippen LogP contribution in [0.3, 0.4) is 0 Å². The first-order chi connectivity index (χ1) is 8.36. The maximum absolute atomic E-state index is 12.5. The van der Waals surface area contributed by atoms with Crippen molar-refractivity contribution in [2.45, 2.75) is 24.9 Å². The molecule has 0 heterocycles. The lowest BCUT2D eigenvalue weighted by Gasteiger charge is -2.13. The summed E-state index contributed by atoms with van der Waals surface area (Å²) in [6, 6.07) is 4.47. The number of rotatable bonds is 4. The maximum Gasteiger partial charge on any atom is 0.416 e. The van der Waals surface area contributed by atoms with Crippen LogP contribution in [-0.4, -0.2) is 12.5 Å². The Morgan fingerprint density at radius 3 is 2.67 bits per heavy atom. The number of hydrogen-bond donors (Lipinski definition) is 1. The van der Waals surface area contributed by atoms with Crippen molar-refractivity contribution in [1.82, 2.24) is 5.32 Å². The fourth-order valence-corrected chi connectivity index (χ4v) is 1.57. The van der Waals surface area contributed by atoms with E-state index in [0.29, 0.717) is 6.54 Å². The molecule has 18 heavy (non-hydrogen) atoms. The molecule has 1 rings (SSSR count). The Balaban J connectivity index is 2.86. The van der Waals surface area contributed by atoms with Gasteiger partial charge >= 0.3 is 6.18 Å². The topological polar surface area (TPSA) is 29.1 Å². The summed E-state index contributed by atoms with van der Waals surface area (Å²) < 4.78 is 37.5. The van der Waals surface area contributed by atoms with Gasteiger partial charge in [0.2, 0.25) is 5.91 Å². The van der Waals surface area contributed by atoms with Gasteiger partial charge in [-0.3, -0.25) is 4.79 Å². The average molecular weight is 280 g/mol. The van der Waals surface area contributed by atoms with Crippen molar-refractivity contribution in [3.05, 3.63) is 35.4 Å². The minimum atomic E-state index is -4.44. The summed E-state index contributed by atoms with van der Waals surface area (Å²) in [5.74, 6) is -0.488. The molecule has 6 heteroatoms. The van der Waals surface area contributed by atoms with E-state index in [0.717, 1.165) is 18.6 Å². The van der Waals surface area contributed by atoms with Crippen LogP contribution >= 0.6 is 11.6 Å². The second-order valence-corrected chi connectivity index (χ2v) is 4.21. The van der Waals surface area contributed by atoms with Crippen LogP contribution in [0.25, 0.3) is 0 Å². The molecule has 1 N–H and O–H groups in total. The van der Waals surface area contributed by atoms with Gasteiger partial charge in [-0.2, -0.15) is 13.2 Å². The number of alkyl halides is 4. The molecular formula is C12H13ClF3NO. The molecule has 0 aromatic heterocycles. The Morgan fingerprint density at radius 2 is 2.11 bits per heavy atom. The maximum atomic E-state index is 12.5. The molecule has 1 atom stereocenters. The zero-order valence-electron chi connectivity index (χ0n) is 9.72. The molecule has 2 nitrogen and oxygen atoms in total. The van der Waals surface area contributed by atoms with Gasteiger partial charge in [0.1, 0.15) is 5.38 Å². The third kappa shape index (κ3) is 3.91. The minimum Gasteiger partial charge on any atom is -0.355 e. The highest BCUT2D eigenvalue weighted by Crippen LogP contribution is 2.32. The lowest BCUT2D eigenvalue weighted by Crippen LogP contribution is -2.27. The number of nitrogens with one attached hydrogen (secondary N) is 1. The molecule has 0 fully saturated rings. The summed E-state index contributed by atoms with van der Waals surface area (Å²) in [6.45, 7) is 2.31. The van der Waals surface area contributed by atoms with Crippen LogP contribution in [0, 0.1) is 0 Å². The zero-order valence-corrected chi connectivity index (χ0v) is 10.5. The fourth-order valence-electron chi connectivity index (χ4n) is 1.36. The third-order valence-electron chi connectivity index (χ3n) is 2.29. The van der Waals surface area contributed by atoms with Gasteiger partial charge in [0.25, 0.3) is 0 Å². The predicted molar refractivity (Wildman–Crippen MR) is 63.3 cm³/mol. The monoisotopic (exact) mass is 279 g/mol. The molecule has 1 aromatic rings. The molecule has 0 saturated heterocycles. The normalized spacial score (nSPS) is 13.2. The summed E-state index contributed by atoms with van der Waals surface area (Å²) in [5, 5.41) is 1.42. The van der Waals surface area contributed by atoms with Gasteiger partial charge in [-0.15, -0.1) is 11.6 Å². The van der Waals surface area contributed by atoms with Crippen molar-refractivity contribution in [2.24, 2.45) is 0 Å². The highest BCUT2D eigenvalue weighted by atomic mass is 35.5. The van der Waals surface area contributed by atoms with E-state index in [1.54, 1.807) is 0 Å². The smallest absolute Gasteiger partial charge is 0.355 e. The Kier molecular flexibility index (Phi) is 5.02. The second-order valence-electron chi connectivity index (χ2n) is 3.78. The van der Waals surface area contributed by atoms with E-state index in [9.17, 15) is 18.0 Å². The molecular weight excluding hydrogens is 267 g/mol. The van der Waals surface area contributed by atoms with E-state index < -0.39 is 23.0 Å². The van der Waals surface area contributed by atoms with Crippen LogP contribution in [0.2, 0.25) is 0 Å². The first-order valence-electron chi connectivity index (χ1n) is 5.45. The van der Waals surface area contributed by atoms with Crippen LogP contribution < -0.4 is 5.32 Å². The molecule has 0 aliphatic rings. The van der Waals surface area contributed by atoms with Crippen LogP contribution in [0.15, 0.2) is 24.3 Å². The van der Waals surface area contributed by atoms with E-state index in [1.165, 1.54) is 12.1 Å². The fraction of sp³-hybridized carbons (Fsp3) is 0.417. The first kappa shape index (κ1) is 14.8. The molecule has 1 amide bonds. The van der Waals surface area contributed by atoms with Crippen molar-refractivity contribution < 1.29 is 18.0 Å². The van der Waals surface area contributed by atoms with Gasteiger partial charge in [0.05, 0.1) is 5.56 Å². The minimum absolute atomic E-state index is 0.139. The van der Waals surface area contributed by atoms with Gasteiger partial charge in [-0.25, -0.2) is 0 Å². The average Bonchev–Trinajstić information content (AvgIpc) is 2.34. The van der Waals surface area contributed by atoms with Crippen molar-refractivity contribution >= 4 is 17.5 Å². The Labute approximate surface area is 108 Å². The molecule has 0 aliphatic carbocycles. The number of carbonyl (C=O) groups excluding carboxylic acids is 1. The van der Waals surface area contributed by atoms with Crippen molar-refractivity contribution in [2.75, 3.05) is 6.54 Å². The third-order valence-corrected chi connectivity index (χ3v) is 2.74. The number of hydrogen-bond acceptors (Lipinski definition) is 1. The molecule has 1 unspecified atom stereocenters. The first-order valence-corrected chi connectivity index (χ1v) is 5.89. The van der Waals surface area contributed by atoms with Crippen molar-refractivity contribution in [3.8, 4) is 0 Å². The molecule has 0 saturated carbocycles. The molecule has 0 aliphatic heterocycles. The number of halogens is 4. The Bertz CT molecular complexity index is 420. The highest BCUT2D eigenvalue weighted by Gasteiger charge is 2.31. The molecule has 0 radical (unpaired) electrons. The number of amides is 1. The quantitative estimate of drug-likeness (QED) is 0.840. The Hall–Kier alpha value is -1.23. The van der Waals surface area contributed by atoms with Crippen molar-refractivity contribution in [3.63, 3.8) is 0 Å². The largest absolute Gasteiger partial charge is 0.416 e. The zero-order chi connectivity index (χ0) is 13.8.